The van der Waals surface area contributed by atoms with Crippen molar-refractivity contribution in [3.05, 3.63) is 38.2 Å². The standard InChI is InChI=1S/C9H10BrClN2O/c1-6-7(12)5-13(4-2-3-11)9(14)8(6)10/h2-3,5H,4,12H2,1H3/b3-2+. The number of hydrogen-bond acceptors (Lipinski definition) is 2. The maximum atomic E-state index is 11.6. The third kappa shape index (κ3) is 2.19. The van der Waals surface area contributed by atoms with Gasteiger partial charge >= 0.3 is 0 Å². The summed E-state index contributed by atoms with van der Waals surface area (Å²) >= 11 is 8.58. The zero-order valence-corrected chi connectivity index (χ0v) is 9.97. The lowest BCUT2D eigenvalue weighted by Gasteiger charge is -2.07. The molecule has 0 radical (unpaired) electrons. The molecule has 0 unspecified atom stereocenters. The van der Waals surface area contributed by atoms with Gasteiger partial charge in [-0.25, -0.2) is 0 Å². The number of hydrogen-bond donors (Lipinski definition) is 1. The number of pyridine rings is 1. The van der Waals surface area contributed by atoms with Crippen LogP contribution in [0.25, 0.3) is 0 Å². The highest BCUT2D eigenvalue weighted by atomic mass is 79.9. The molecule has 0 atom stereocenters. The molecule has 0 spiro atoms. The van der Waals surface area contributed by atoms with Gasteiger partial charge in [0, 0.05) is 18.3 Å². The third-order valence-corrected chi connectivity index (χ3v) is 3.01. The molecule has 76 valence electrons. The Labute approximate surface area is 95.3 Å². The molecule has 0 bridgehead atoms. The topological polar surface area (TPSA) is 48.0 Å². The summed E-state index contributed by atoms with van der Waals surface area (Å²) in [7, 11) is 0. The minimum absolute atomic E-state index is 0.105. The number of rotatable bonds is 2. The first-order chi connectivity index (χ1) is 6.57. The van der Waals surface area contributed by atoms with Gasteiger partial charge in [-0.1, -0.05) is 17.7 Å². The molecule has 0 amide bonds. The van der Waals surface area contributed by atoms with Crippen LogP contribution in [-0.2, 0) is 6.54 Å². The maximum absolute atomic E-state index is 11.6. The fraction of sp³-hybridized carbons (Fsp3) is 0.222. The predicted molar refractivity (Wildman–Crippen MR) is 62.5 cm³/mol. The number of aromatic nitrogens is 1. The summed E-state index contributed by atoms with van der Waals surface area (Å²) in [6.07, 6.45) is 3.28. The van der Waals surface area contributed by atoms with Crippen molar-refractivity contribution in [2.75, 3.05) is 5.73 Å². The fourth-order valence-electron chi connectivity index (χ4n) is 1.03. The first-order valence-corrected chi connectivity index (χ1v) is 5.21. The summed E-state index contributed by atoms with van der Waals surface area (Å²) in [5.74, 6) is 0. The number of anilines is 1. The highest BCUT2D eigenvalue weighted by Gasteiger charge is 2.06. The van der Waals surface area contributed by atoms with Crippen LogP contribution >= 0.6 is 27.5 Å². The quantitative estimate of drug-likeness (QED) is 0.901. The zero-order valence-electron chi connectivity index (χ0n) is 7.63. The average molecular weight is 278 g/mol. The van der Waals surface area contributed by atoms with E-state index in [9.17, 15) is 4.79 Å². The van der Waals surface area contributed by atoms with Crippen LogP contribution in [0.4, 0.5) is 5.69 Å². The van der Waals surface area contributed by atoms with Crippen molar-refractivity contribution < 1.29 is 0 Å². The third-order valence-electron chi connectivity index (χ3n) is 1.90. The van der Waals surface area contributed by atoms with Crippen molar-refractivity contribution in [3.63, 3.8) is 0 Å². The number of allylic oxidation sites excluding steroid dienone is 1. The molecule has 0 fully saturated rings. The van der Waals surface area contributed by atoms with Gasteiger partial charge in [-0.05, 0) is 28.4 Å². The Kier molecular flexibility index (Phi) is 3.77. The lowest BCUT2D eigenvalue weighted by Crippen LogP contribution is -2.21. The van der Waals surface area contributed by atoms with Crippen molar-refractivity contribution in [2.45, 2.75) is 13.5 Å². The van der Waals surface area contributed by atoms with Gasteiger partial charge in [0.15, 0.2) is 0 Å². The van der Waals surface area contributed by atoms with E-state index in [4.69, 9.17) is 17.3 Å². The van der Waals surface area contributed by atoms with Crippen molar-refractivity contribution in [1.29, 1.82) is 0 Å². The summed E-state index contributed by atoms with van der Waals surface area (Å²) in [4.78, 5) is 11.6. The fourth-order valence-corrected chi connectivity index (χ4v) is 1.56. The van der Waals surface area contributed by atoms with Gasteiger partial charge in [-0.15, -0.1) is 0 Å². The highest BCUT2D eigenvalue weighted by molar-refractivity contribution is 9.10. The summed E-state index contributed by atoms with van der Waals surface area (Å²) in [6, 6.07) is 0. The molecule has 3 nitrogen and oxygen atoms in total. The lowest BCUT2D eigenvalue weighted by atomic mass is 10.2. The Morgan fingerprint density at radius 2 is 2.36 bits per heavy atom. The number of nitrogens with two attached hydrogens (primary N) is 1. The monoisotopic (exact) mass is 276 g/mol. The molecule has 1 aromatic rings. The van der Waals surface area contributed by atoms with E-state index in [1.807, 2.05) is 0 Å². The second-order valence-electron chi connectivity index (χ2n) is 2.84. The lowest BCUT2D eigenvalue weighted by molar-refractivity contribution is 0.774. The molecule has 5 heteroatoms. The van der Waals surface area contributed by atoms with Crippen LogP contribution in [-0.4, -0.2) is 4.57 Å². The molecule has 0 saturated heterocycles. The number of halogens is 2. The van der Waals surface area contributed by atoms with Crippen LogP contribution in [0.5, 0.6) is 0 Å². The van der Waals surface area contributed by atoms with Crippen molar-refractivity contribution in [1.82, 2.24) is 4.57 Å². The summed E-state index contributed by atoms with van der Waals surface area (Å²) in [5, 5.41) is 0. The van der Waals surface area contributed by atoms with Crippen molar-refractivity contribution in [3.8, 4) is 0 Å². The SMILES string of the molecule is Cc1c(N)cn(C/C=C/Cl)c(=O)c1Br. The Hall–Kier alpha value is -0.740. The molecule has 1 aromatic heterocycles. The van der Waals surface area contributed by atoms with Gasteiger partial charge < -0.3 is 10.3 Å². The minimum atomic E-state index is -0.105. The molecule has 1 rings (SSSR count). The van der Waals surface area contributed by atoms with Crippen LogP contribution in [0.1, 0.15) is 5.56 Å². The molecular formula is C9H10BrClN2O. The van der Waals surface area contributed by atoms with Crippen molar-refractivity contribution in [2.24, 2.45) is 0 Å². The molecule has 14 heavy (non-hydrogen) atoms. The van der Waals surface area contributed by atoms with Crippen LogP contribution in [0.15, 0.2) is 27.1 Å². The maximum Gasteiger partial charge on any atom is 0.265 e. The van der Waals surface area contributed by atoms with E-state index < -0.39 is 0 Å². The normalized spacial score (nSPS) is 11.1. The molecule has 0 aliphatic heterocycles. The highest BCUT2D eigenvalue weighted by Crippen LogP contribution is 2.16. The Morgan fingerprint density at radius 1 is 1.71 bits per heavy atom. The molecular weight excluding hydrogens is 267 g/mol. The summed E-state index contributed by atoms with van der Waals surface area (Å²) < 4.78 is 1.99. The van der Waals surface area contributed by atoms with Crippen LogP contribution in [0.2, 0.25) is 0 Å². The number of nitrogens with zero attached hydrogens (tertiary/aromatic N) is 1. The van der Waals surface area contributed by atoms with E-state index in [1.54, 1.807) is 19.2 Å². The van der Waals surface area contributed by atoms with E-state index in [-0.39, 0.29) is 5.56 Å². The molecule has 0 aliphatic carbocycles. The van der Waals surface area contributed by atoms with Crippen molar-refractivity contribution >= 4 is 33.2 Å². The molecule has 0 saturated carbocycles. The molecule has 0 aliphatic rings. The molecule has 0 aromatic carbocycles. The average Bonchev–Trinajstić information content (AvgIpc) is 2.18. The second-order valence-corrected chi connectivity index (χ2v) is 3.89. The van der Waals surface area contributed by atoms with Crippen LogP contribution in [0.3, 0.4) is 0 Å². The first-order valence-electron chi connectivity index (χ1n) is 3.98. The van der Waals surface area contributed by atoms with E-state index in [0.29, 0.717) is 16.7 Å². The van der Waals surface area contributed by atoms with Gasteiger partial charge in [-0.2, -0.15) is 0 Å². The van der Waals surface area contributed by atoms with Gasteiger partial charge in [0.25, 0.3) is 5.56 Å². The van der Waals surface area contributed by atoms with E-state index >= 15 is 0 Å². The smallest absolute Gasteiger partial charge is 0.265 e. The van der Waals surface area contributed by atoms with Gasteiger partial charge in [-0.3, -0.25) is 4.79 Å². The second kappa shape index (κ2) is 4.66. The summed E-state index contributed by atoms with van der Waals surface area (Å²) in [5.41, 5.74) is 8.33. The van der Waals surface area contributed by atoms with Crippen LogP contribution in [0, 0.1) is 6.92 Å². The predicted octanol–water partition coefficient (Wildman–Crippen LogP) is 2.25. The van der Waals surface area contributed by atoms with Gasteiger partial charge in [0.1, 0.15) is 0 Å². The molecule has 1 heterocycles. The largest absolute Gasteiger partial charge is 0.397 e. The van der Waals surface area contributed by atoms with Crippen LogP contribution < -0.4 is 11.3 Å². The summed E-state index contributed by atoms with van der Waals surface area (Å²) in [6.45, 7) is 2.22. The van der Waals surface area contributed by atoms with Gasteiger partial charge in [0.05, 0.1) is 10.2 Å². The minimum Gasteiger partial charge on any atom is -0.397 e. The number of nitrogen functional groups attached to an aromatic ring is 1. The van der Waals surface area contributed by atoms with E-state index in [2.05, 4.69) is 15.9 Å². The molecule has 2 N–H and O–H groups in total. The Morgan fingerprint density at radius 3 is 2.93 bits per heavy atom. The Balaban J connectivity index is 3.26. The van der Waals surface area contributed by atoms with E-state index in [0.717, 1.165) is 5.56 Å². The zero-order chi connectivity index (χ0) is 10.7. The first kappa shape index (κ1) is 11.3. The Bertz CT molecular complexity index is 426. The van der Waals surface area contributed by atoms with Gasteiger partial charge in [0.2, 0.25) is 0 Å². The van der Waals surface area contributed by atoms with E-state index in [1.165, 1.54) is 10.1 Å².